The van der Waals surface area contributed by atoms with Crippen LogP contribution in [0, 0.1) is 6.92 Å². The number of aryl methyl sites for hydroxylation is 2. The lowest BCUT2D eigenvalue weighted by atomic mass is 10.1. The van der Waals surface area contributed by atoms with E-state index in [0.29, 0.717) is 0 Å². The number of furan rings is 1. The summed E-state index contributed by atoms with van der Waals surface area (Å²) in [6.45, 7) is 8.03. The van der Waals surface area contributed by atoms with Gasteiger partial charge in [0.2, 0.25) is 0 Å². The Hall–Kier alpha value is -0.980. The van der Waals surface area contributed by atoms with Crippen molar-refractivity contribution in [1.82, 2.24) is 0 Å². The Kier molecular flexibility index (Phi) is 5.23. The average Bonchev–Trinajstić information content (AvgIpc) is 2.55. The van der Waals surface area contributed by atoms with E-state index in [1.807, 2.05) is 13.0 Å². The number of unbranched alkanes of at least 4 members (excludes halogenated alkanes) is 3. The molecule has 0 aliphatic carbocycles. The normalized spacial score (nSPS) is 10.5. The van der Waals surface area contributed by atoms with Crippen molar-refractivity contribution in [2.45, 2.75) is 52.4 Å². The van der Waals surface area contributed by atoms with Crippen LogP contribution in [0.25, 0.3) is 0 Å². The first-order valence-electron chi connectivity index (χ1n) is 5.97. The fourth-order valence-corrected chi connectivity index (χ4v) is 1.87. The van der Waals surface area contributed by atoms with Crippen molar-refractivity contribution in [1.29, 1.82) is 0 Å². The molecule has 0 bridgehead atoms. The Morgan fingerprint density at radius 3 is 2.80 bits per heavy atom. The molecule has 0 saturated heterocycles. The third kappa shape index (κ3) is 3.94. The Labute approximate surface area is 93.2 Å². The topological polar surface area (TPSA) is 13.1 Å². The van der Waals surface area contributed by atoms with Crippen LogP contribution >= 0.6 is 0 Å². The molecule has 0 radical (unpaired) electrons. The van der Waals surface area contributed by atoms with Gasteiger partial charge >= 0.3 is 0 Å². The van der Waals surface area contributed by atoms with Gasteiger partial charge in [-0.05, 0) is 31.4 Å². The fourth-order valence-electron chi connectivity index (χ4n) is 1.87. The highest BCUT2D eigenvalue weighted by Gasteiger charge is 2.06. The summed E-state index contributed by atoms with van der Waals surface area (Å²) in [5.41, 5.74) is 1.32. The molecule has 0 atom stereocenters. The standard InChI is InChI=1S/C14H22O/c1-4-6-7-8-10-14-13(9-5-2)11-12(3)15-14/h5,11H,2,4,6-10H2,1,3H3. The van der Waals surface area contributed by atoms with Crippen LogP contribution in [0.15, 0.2) is 23.1 Å². The molecule has 0 fully saturated rings. The lowest BCUT2D eigenvalue weighted by molar-refractivity contribution is 0.469. The second kappa shape index (κ2) is 6.49. The third-order valence-corrected chi connectivity index (χ3v) is 2.64. The predicted octanol–water partition coefficient (Wildman–Crippen LogP) is 4.44. The van der Waals surface area contributed by atoms with Crippen molar-refractivity contribution in [2.24, 2.45) is 0 Å². The van der Waals surface area contributed by atoms with Crippen LogP contribution in [-0.2, 0) is 12.8 Å². The molecule has 0 aliphatic heterocycles. The molecule has 1 rings (SSSR count). The minimum absolute atomic E-state index is 0.931. The summed E-state index contributed by atoms with van der Waals surface area (Å²) in [4.78, 5) is 0. The van der Waals surface area contributed by atoms with Gasteiger partial charge in [0.05, 0.1) is 0 Å². The molecule has 15 heavy (non-hydrogen) atoms. The quantitative estimate of drug-likeness (QED) is 0.475. The van der Waals surface area contributed by atoms with Crippen molar-refractivity contribution >= 4 is 0 Å². The molecule has 1 heteroatoms. The Morgan fingerprint density at radius 2 is 2.13 bits per heavy atom. The van der Waals surface area contributed by atoms with Gasteiger partial charge in [-0.3, -0.25) is 0 Å². The fraction of sp³-hybridized carbons (Fsp3) is 0.571. The van der Waals surface area contributed by atoms with Gasteiger partial charge in [0.1, 0.15) is 11.5 Å². The summed E-state index contributed by atoms with van der Waals surface area (Å²) in [6.07, 6.45) is 9.12. The molecular formula is C14H22O. The summed E-state index contributed by atoms with van der Waals surface area (Å²) >= 11 is 0. The van der Waals surface area contributed by atoms with E-state index in [1.54, 1.807) is 0 Å². The van der Waals surface area contributed by atoms with Crippen LogP contribution in [0.4, 0.5) is 0 Å². The molecule has 1 aromatic rings. The first-order chi connectivity index (χ1) is 7.27. The zero-order chi connectivity index (χ0) is 11.1. The van der Waals surface area contributed by atoms with E-state index < -0.39 is 0 Å². The van der Waals surface area contributed by atoms with Gasteiger partial charge in [-0.15, -0.1) is 6.58 Å². The molecule has 1 aromatic heterocycles. The Morgan fingerprint density at radius 1 is 1.33 bits per heavy atom. The number of rotatable bonds is 7. The molecule has 0 aliphatic rings. The van der Waals surface area contributed by atoms with Gasteiger partial charge in [-0.25, -0.2) is 0 Å². The first kappa shape index (κ1) is 12.1. The summed E-state index contributed by atoms with van der Waals surface area (Å²) in [5.74, 6) is 2.20. The minimum Gasteiger partial charge on any atom is -0.466 e. The second-order valence-corrected chi connectivity index (χ2v) is 4.11. The molecule has 0 aromatic carbocycles. The molecule has 0 saturated carbocycles. The number of hydrogen-bond donors (Lipinski definition) is 0. The van der Waals surface area contributed by atoms with E-state index in [4.69, 9.17) is 4.42 Å². The molecule has 1 nitrogen and oxygen atoms in total. The Bertz CT molecular complexity index is 296. The van der Waals surface area contributed by atoms with E-state index >= 15 is 0 Å². The zero-order valence-corrected chi connectivity index (χ0v) is 10.0. The van der Waals surface area contributed by atoms with E-state index in [1.165, 1.54) is 37.0 Å². The maximum absolute atomic E-state index is 5.70. The summed E-state index contributed by atoms with van der Waals surface area (Å²) in [7, 11) is 0. The maximum atomic E-state index is 5.70. The Balaban J connectivity index is 2.47. The number of hydrogen-bond acceptors (Lipinski definition) is 1. The summed E-state index contributed by atoms with van der Waals surface area (Å²) in [5, 5.41) is 0. The lowest BCUT2D eigenvalue weighted by Crippen LogP contribution is -1.88. The molecule has 0 spiro atoms. The van der Waals surface area contributed by atoms with Crippen LogP contribution in [0.1, 0.15) is 49.7 Å². The van der Waals surface area contributed by atoms with E-state index in [9.17, 15) is 0 Å². The molecule has 84 valence electrons. The van der Waals surface area contributed by atoms with Crippen LogP contribution in [0.5, 0.6) is 0 Å². The predicted molar refractivity (Wildman–Crippen MR) is 65.2 cm³/mol. The number of allylic oxidation sites excluding steroid dienone is 1. The highest BCUT2D eigenvalue weighted by molar-refractivity contribution is 5.23. The van der Waals surface area contributed by atoms with Crippen LogP contribution < -0.4 is 0 Å². The van der Waals surface area contributed by atoms with Gasteiger partial charge in [-0.1, -0.05) is 32.3 Å². The van der Waals surface area contributed by atoms with Crippen LogP contribution in [0.3, 0.4) is 0 Å². The maximum Gasteiger partial charge on any atom is 0.107 e. The third-order valence-electron chi connectivity index (χ3n) is 2.64. The SMILES string of the molecule is C=CCc1cc(C)oc1CCCCCC. The zero-order valence-electron chi connectivity index (χ0n) is 10.0. The first-order valence-corrected chi connectivity index (χ1v) is 5.97. The van der Waals surface area contributed by atoms with Gasteiger partial charge in [0, 0.05) is 6.42 Å². The largest absolute Gasteiger partial charge is 0.466 e. The van der Waals surface area contributed by atoms with Gasteiger partial charge < -0.3 is 4.42 Å². The van der Waals surface area contributed by atoms with Crippen LogP contribution in [0.2, 0.25) is 0 Å². The molecule has 0 N–H and O–H groups in total. The van der Waals surface area contributed by atoms with Crippen LogP contribution in [-0.4, -0.2) is 0 Å². The van der Waals surface area contributed by atoms with E-state index in [0.717, 1.165) is 18.6 Å². The molecular weight excluding hydrogens is 184 g/mol. The van der Waals surface area contributed by atoms with Gasteiger partial charge in [0.25, 0.3) is 0 Å². The summed E-state index contributed by atoms with van der Waals surface area (Å²) in [6, 6.07) is 2.14. The monoisotopic (exact) mass is 206 g/mol. The average molecular weight is 206 g/mol. The smallest absolute Gasteiger partial charge is 0.107 e. The highest BCUT2D eigenvalue weighted by Crippen LogP contribution is 2.18. The second-order valence-electron chi connectivity index (χ2n) is 4.11. The molecule has 1 heterocycles. The van der Waals surface area contributed by atoms with Crippen molar-refractivity contribution in [2.75, 3.05) is 0 Å². The van der Waals surface area contributed by atoms with Crippen molar-refractivity contribution in [3.8, 4) is 0 Å². The lowest BCUT2D eigenvalue weighted by Gasteiger charge is -2.00. The molecule has 0 unspecified atom stereocenters. The van der Waals surface area contributed by atoms with Crippen molar-refractivity contribution in [3.05, 3.63) is 35.8 Å². The highest BCUT2D eigenvalue weighted by atomic mass is 16.3. The van der Waals surface area contributed by atoms with Gasteiger partial charge in [-0.2, -0.15) is 0 Å². The van der Waals surface area contributed by atoms with Gasteiger partial charge in [0.15, 0.2) is 0 Å². The minimum atomic E-state index is 0.931. The summed E-state index contributed by atoms with van der Waals surface area (Å²) < 4.78 is 5.70. The van der Waals surface area contributed by atoms with E-state index in [-0.39, 0.29) is 0 Å². The van der Waals surface area contributed by atoms with Crippen molar-refractivity contribution in [3.63, 3.8) is 0 Å². The molecule has 0 amide bonds. The van der Waals surface area contributed by atoms with E-state index in [2.05, 4.69) is 19.6 Å². The van der Waals surface area contributed by atoms with Crippen molar-refractivity contribution < 1.29 is 4.42 Å².